The van der Waals surface area contributed by atoms with E-state index in [4.69, 9.17) is 19.7 Å². The highest BCUT2D eigenvalue weighted by Crippen LogP contribution is 2.28. The molecule has 2 fully saturated rings. The molecule has 182 valence electrons. The highest BCUT2D eigenvalue weighted by Gasteiger charge is 2.32. The molecule has 3 N–H and O–H groups in total. The fraction of sp³-hybridized carbons (Fsp3) is 0.318. The molecule has 12 heteroatoms. The SMILES string of the molecule is NC[C@H]1CN(c2ccc(N3CCON(C(=O)Nc4nc5ccccc5o4)CC3)c(F)c2)C(=O)O1.[HH].[HH]. The number of para-hydroxylation sites is 2. The number of hydrogen-bond acceptors (Lipinski definition) is 8. The summed E-state index contributed by atoms with van der Waals surface area (Å²) in [5.74, 6) is -0.495. The zero-order valence-electron chi connectivity index (χ0n) is 18.1. The smallest absolute Gasteiger partial charge is 0.414 e. The van der Waals surface area contributed by atoms with Crippen LogP contribution in [-0.2, 0) is 9.57 Å². The van der Waals surface area contributed by atoms with Crippen LogP contribution in [-0.4, -0.2) is 67.6 Å². The van der Waals surface area contributed by atoms with Crippen molar-refractivity contribution < 1.29 is 30.8 Å². The van der Waals surface area contributed by atoms with Crippen molar-refractivity contribution in [2.45, 2.75) is 6.10 Å². The number of aromatic nitrogens is 1. The summed E-state index contributed by atoms with van der Waals surface area (Å²) in [4.78, 5) is 37.5. The Labute approximate surface area is 196 Å². The van der Waals surface area contributed by atoms with Gasteiger partial charge in [-0.25, -0.2) is 19.0 Å². The summed E-state index contributed by atoms with van der Waals surface area (Å²) in [5.41, 5.74) is 7.48. The topological polar surface area (TPSA) is 126 Å². The number of urea groups is 1. The van der Waals surface area contributed by atoms with E-state index < -0.39 is 24.0 Å². The predicted octanol–water partition coefficient (Wildman–Crippen LogP) is 3.03. The molecule has 34 heavy (non-hydrogen) atoms. The van der Waals surface area contributed by atoms with Crippen molar-refractivity contribution in [3.05, 3.63) is 48.3 Å². The summed E-state index contributed by atoms with van der Waals surface area (Å²) in [6.45, 7) is 1.52. The molecule has 1 aromatic heterocycles. The number of halogens is 1. The van der Waals surface area contributed by atoms with E-state index >= 15 is 0 Å². The molecule has 0 radical (unpaired) electrons. The van der Waals surface area contributed by atoms with Gasteiger partial charge in [-0.05, 0) is 30.3 Å². The number of amides is 3. The van der Waals surface area contributed by atoms with Gasteiger partial charge in [-0.2, -0.15) is 4.98 Å². The lowest BCUT2D eigenvalue weighted by Crippen LogP contribution is -2.37. The number of oxazole rings is 1. The van der Waals surface area contributed by atoms with Crippen molar-refractivity contribution in [2.24, 2.45) is 5.73 Å². The molecule has 0 aliphatic carbocycles. The van der Waals surface area contributed by atoms with Gasteiger partial charge in [0.15, 0.2) is 5.58 Å². The van der Waals surface area contributed by atoms with Crippen LogP contribution in [0.15, 0.2) is 46.9 Å². The Morgan fingerprint density at radius 3 is 2.85 bits per heavy atom. The number of nitrogens with two attached hydrogens (primary N) is 1. The summed E-state index contributed by atoms with van der Waals surface area (Å²) in [7, 11) is 0. The van der Waals surface area contributed by atoms with Gasteiger partial charge in [-0.3, -0.25) is 15.1 Å². The van der Waals surface area contributed by atoms with Gasteiger partial charge in [0.2, 0.25) is 0 Å². The summed E-state index contributed by atoms with van der Waals surface area (Å²) in [6, 6.07) is 11.2. The lowest BCUT2D eigenvalue weighted by molar-refractivity contribution is -0.100. The lowest BCUT2D eigenvalue weighted by atomic mass is 10.2. The number of nitrogens with one attached hydrogen (secondary N) is 1. The Morgan fingerprint density at radius 2 is 2.09 bits per heavy atom. The first-order valence-corrected chi connectivity index (χ1v) is 10.8. The van der Waals surface area contributed by atoms with Gasteiger partial charge < -0.3 is 19.8 Å². The van der Waals surface area contributed by atoms with Crippen molar-refractivity contribution in [1.29, 1.82) is 0 Å². The molecule has 0 unspecified atom stereocenters. The molecule has 3 aromatic rings. The van der Waals surface area contributed by atoms with Crippen LogP contribution in [0.3, 0.4) is 0 Å². The van der Waals surface area contributed by atoms with E-state index in [1.165, 1.54) is 11.0 Å². The minimum atomic E-state index is -0.550. The molecule has 2 saturated heterocycles. The van der Waals surface area contributed by atoms with Crippen LogP contribution in [0, 0.1) is 5.82 Å². The van der Waals surface area contributed by atoms with Crippen molar-refractivity contribution in [3.63, 3.8) is 0 Å². The quantitative estimate of drug-likeness (QED) is 0.591. The molecule has 3 heterocycles. The summed E-state index contributed by atoms with van der Waals surface area (Å²) >= 11 is 0. The average Bonchev–Trinajstić information content (AvgIpc) is 3.32. The first-order chi connectivity index (χ1) is 16.5. The molecule has 5 rings (SSSR count). The lowest BCUT2D eigenvalue weighted by Gasteiger charge is -2.23. The number of carbonyl (C=O) groups is 2. The third-order valence-electron chi connectivity index (χ3n) is 5.64. The molecule has 2 aliphatic rings. The second-order valence-corrected chi connectivity index (χ2v) is 7.83. The number of benzene rings is 2. The number of ether oxygens (including phenoxy) is 1. The maximum atomic E-state index is 15.0. The van der Waals surface area contributed by atoms with E-state index in [-0.39, 0.29) is 35.1 Å². The van der Waals surface area contributed by atoms with Crippen LogP contribution in [0.2, 0.25) is 0 Å². The molecule has 0 bridgehead atoms. The van der Waals surface area contributed by atoms with Crippen LogP contribution in [0.5, 0.6) is 0 Å². The van der Waals surface area contributed by atoms with Gasteiger partial charge in [0.1, 0.15) is 17.4 Å². The number of hydroxylamine groups is 2. The van der Waals surface area contributed by atoms with Gasteiger partial charge in [-0.1, -0.05) is 12.1 Å². The Kier molecular flexibility index (Phi) is 5.90. The van der Waals surface area contributed by atoms with Crippen LogP contribution in [0.4, 0.5) is 31.4 Å². The predicted molar refractivity (Wildman–Crippen MR) is 125 cm³/mol. The second-order valence-electron chi connectivity index (χ2n) is 7.83. The Bertz CT molecular complexity index is 1200. The number of cyclic esters (lactones) is 1. The van der Waals surface area contributed by atoms with Crippen LogP contribution >= 0.6 is 0 Å². The first kappa shape index (κ1) is 21.9. The van der Waals surface area contributed by atoms with E-state index in [1.807, 2.05) is 12.1 Å². The zero-order valence-corrected chi connectivity index (χ0v) is 18.1. The first-order valence-electron chi connectivity index (χ1n) is 10.8. The largest absolute Gasteiger partial charge is 0.443 e. The van der Waals surface area contributed by atoms with Crippen molar-refractivity contribution in [3.8, 4) is 0 Å². The molecule has 2 aliphatic heterocycles. The van der Waals surface area contributed by atoms with Gasteiger partial charge in [0.25, 0.3) is 0 Å². The maximum absolute atomic E-state index is 15.0. The molecular weight excluding hydrogens is 447 g/mol. The van der Waals surface area contributed by atoms with Crippen LogP contribution < -0.4 is 20.9 Å². The standard InChI is InChI=1S/C22H23FN6O5.2H2/c23-16-11-14(28-13-15(12-24)33-22(28)31)5-6-18(16)27-7-8-29(32-10-9-27)21(30)26-20-25-17-3-1-2-4-19(17)34-20;;/h1-6,11,15H,7-10,12-13,24H2,(H,25,26,30);2*1H/t15-;;/m0../s1. The Morgan fingerprint density at radius 1 is 1.24 bits per heavy atom. The number of fused-ring (bicyclic) bond motifs is 1. The molecule has 0 saturated carbocycles. The van der Waals surface area contributed by atoms with Gasteiger partial charge in [0.05, 0.1) is 31.1 Å². The minimum absolute atomic E-state index is 0. The number of rotatable bonds is 4. The third kappa shape index (κ3) is 4.32. The highest BCUT2D eigenvalue weighted by molar-refractivity contribution is 5.90. The Balaban J connectivity index is 0.00000180. The third-order valence-corrected chi connectivity index (χ3v) is 5.64. The summed E-state index contributed by atoms with van der Waals surface area (Å²) < 4.78 is 25.6. The van der Waals surface area contributed by atoms with Gasteiger partial charge in [-0.15, -0.1) is 0 Å². The fourth-order valence-corrected chi connectivity index (χ4v) is 3.90. The zero-order chi connectivity index (χ0) is 23.7. The molecule has 11 nitrogen and oxygen atoms in total. The Hall–Kier alpha value is -3.90. The second kappa shape index (κ2) is 9.15. The van der Waals surface area contributed by atoms with E-state index in [0.717, 1.165) is 5.06 Å². The van der Waals surface area contributed by atoms with E-state index in [2.05, 4.69) is 10.3 Å². The molecule has 1 atom stereocenters. The fourth-order valence-electron chi connectivity index (χ4n) is 3.90. The number of hydrogen-bond donors (Lipinski definition) is 2. The van der Waals surface area contributed by atoms with Gasteiger partial charge >= 0.3 is 18.1 Å². The number of carbonyl (C=O) groups excluding carboxylic acids is 2. The monoisotopic (exact) mass is 474 g/mol. The molecular formula is C22H27FN6O5. The summed E-state index contributed by atoms with van der Waals surface area (Å²) in [5, 5.41) is 3.74. The van der Waals surface area contributed by atoms with Crippen molar-refractivity contribution >= 4 is 40.6 Å². The normalized spacial score (nSPS) is 18.8. The average molecular weight is 474 g/mol. The minimum Gasteiger partial charge on any atom is -0.443 e. The summed E-state index contributed by atoms with van der Waals surface area (Å²) in [6.07, 6.45) is -0.962. The van der Waals surface area contributed by atoms with E-state index in [9.17, 15) is 14.0 Å². The maximum Gasteiger partial charge on any atom is 0.414 e. The molecule has 2 aromatic carbocycles. The van der Waals surface area contributed by atoms with Crippen LogP contribution in [0.1, 0.15) is 2.85 Å². The van der Waals surface area contributed by atoms with Gasteiger partial charge in [0, 0.05) is 22.5 Å². The van der Waals surface area contributed by atoms with Crippen LogP contribution in [0.25, 0.3) is 11.1 Å². The molecule has 0 spiro atoms. The number of anilines is 3. The van der Waals surface area contributed by atoms with Crippen molar-refractivity contribution in [2.75, 3.05) is 54.4 Å². The highest BCUT2D eigenvalue weighted by atomic mass is 19.1. The van der Waals surface area contributed by atoms with E-state index in [0.29, 0.717) is 35.6 Å². The van der Waals surface area contributed by atoms with Crippen molar-refractivity contribution in [1.82, 2.24) is 10.0 Å². The molecule has 3 amide bonds. The number of nitrogens with zero attached hydrogens (tertiary/aromatic N) is 4. The van der Waals surface area contributed by atoms with E-state index in [1.54, 1.807) is 29.2 Å².